The number of rotatable bonds is 3. The molecule has 1 fully saturated rings. The first-order valence-electron chi connectivity index (χ1n) is 7.62. The fraction of sp³-hybridized carbons (Fsp3) is 0.562. The van der Waals surface area contributed by atoms with E-state index in [4.69, 9.17) is 10.5 Å². The first kappa shape index (κ1) is 14.5. The Hall–Kier alpha value is -1.43. The van der Waals surface area contributed by atoms with Gasteiger partial charge in [0.25, 0.3) is 5.91 Å². The summed E-state index contributed by atoms with van der Waals surface area (Å²) in [6.45, 7) is 7.44. The van der Waals surface area contributed by atoms with Gasteiger partial charge in [0.05, 0.1) is 13.2 Å². The maximum Gasteiger partial charge on any atom is 0.253 e. The molecule has 0 spiro atoms. The third-order valence-corrected chi connectivity index (χ3v) is 4.53. The molecular formula is C16H23N3O2. The quantitative estimate of drug-likeness (QED) is 0.895. The Kier molecular flexibility index (Phi) is 4.24. The van der Waals surface area contributed by atoms with Crippen molar-refractivity contribution in [1.29, 1.82) is 0 Å². The minimum absolute atomic E-state index is 0.129. The van der Waals surface area contributed by atoms with Gasteiger partial charge in [0.1, 0.15) is 0 Å². The van der Waals surface area contributed by atoms with E-state index in [1.807, 2.05) is 23.1 Å². The molecule has 21 heavy (non-hydrogen) atoms. The molecule has 2 aliphatic heterocycles. The SMILES string of the molecule is CC(CN)N1CCN(C(=O)c2ccc3c(c2)COC3)CC1. The van der Waals surface area contributed by atoms with Gasteiger partial charge in [0.15, 0.2) is 0 Å². The van der Waals surface area contributed by atoms with Crippen LogP contribution >= 0.6 is 0 Å². The van der Waals surface area contributed by atoms with Crippen LogP contribution in [0.25, 0.3) is 0 Å². The molecule has 1 amide bonds. The van der Waals surface area contributed by atoms with Crippen LogP contribution in [-0.4, -0.2) is 54.5 Å². The highest BCUT2D eigenvalue weighted by atomic mass is 16.5. The van der Waals surface area contributed by atoms with Gasteiger partial charge in [0.2, 0.25) is 0 Å². The van der Waals surface area contributed by atoms with Crippen LogP contribution in [0.4, 0.5) is 0 Å². The molecule has 114 valence electrons. The van der Waals surface area contributed by atoms with E-state index in [9.17, 15) is 4.79 Å². The van der Waals surface area contributed by atoms with Crippen molar-refractivity contribution in [1.82, 2.24) is 9.80 Å². The number of nitrogens with two attached hydrogens (primary N) is 1. The molecule has 0 aromatic heterocycles. The highest BCUT2D eigenvalue weighted by molar-refractivity contribution is 5.94. The molecule has 0 bridgehead atoms. The van der Waals surface area contributed by atoms with Crippen LogP contribution in [0.15, 0.2) is 18.2 Å². The van der Waals surface area contributed by atoms with Gasteiger partial charge in [-0.05, 0) is 30.2 Å². The average molecular weight is 289 g/mol. The summed E-state index contributed by atoms with van der Waals surface area (Å²) in [6, 6.07) is 6.31. The zero-order valence-corrected chi connectivity index (χ0v) is 12.5. The Morgan fingerprint density at radius 3 is 2.67 bits per heavy atom. The number of piperazine rings is 1. The third-order valence-electron chi connectivity index (χ3n) is 4.53. The molecule has 1 unspecified atom stereocenters. The lowest BCUT2D eigenvalue weighted by molar-refractivity contribution is 0.0589. The molecule has 3 rings (SSSR count). The summed E-state index contributed by atoms with van der Waals surface area (Å²) in [5.41, 5.74) is 8.84. The Labute approximate surface area is 125 Å². The Bertz CT molecular complexity index is 524. The van der Waals surface area contributed by atoms with Crippen molar-refractivity contribution in [2.75, 3.05) is 32.7 Å². The molecule has 2 N–H and O–H groups in total. The molecule has 1 saturated heterocycles. The minimum atomic E-state index is 0.129. The molecule has 0 radical (unpaired) electrons. The fourth-order valence-electron chi connectivity index (χ4n) is 3.00. The second kappa shape index (κ2) is 6.13. The van der Waals surface area contributed by atoms with E-state index in [0.717, 1.165) is 37.3 Å². The molecular weight excluding hydrogens is 266 g/mol. The van der Waals surface area contributed by atoms with E-state index in [1.54, 1.807) is 0 Å². The molecule has 2 aliphatic rings. The summed E-state index contributed by atoms with van der Waals surface area (Å²) in [6.07, 6.45) is 0. The van der Waals surface area contributed by atoms with Crippen LogP contribution < -0.4 is 5.73 Å². The number of carbonyl (C=O) groups is 1. The van der Waals surface area contributed by atoms with Crippen LogP contribution in [0.1, 0.15) is 28.4 Å². The highest BCUT2D eigenvalue weighted by Crippen LogP contribution is 2.22. The van der Waals surface area contributed by atoms with Gasteiger partial charge in [-0.25, -0.2) is 0 Å². The molecule has 5 nitrogen and oxygen atoms in total. The summed E-state index contributed by atoms with van der Waals surface area (Å²) >= 11 is 0. The number of hydrogen-bond donors (Lipinski definition) is 1. The zero-order chi connectivity index (χ0) is 14.8. The molecule has 1 aromatic rings. The normalized spacial score (nSPS) is 20.4. The van der Waals surface area contributed by atoms with E-state index >= 15 is 0 Å². The summed E-state index contributed by atoms with van der Waals surface area (Å²) in [5.74, 6) is 0.129. The van der Waals surface area contributed by atoms with Gasteiger partial charge >= 0.3 is 0 Å². The lowest BCUT2D eigenvalue weighted by Gasteiger charge is -2.37. The maximum atomic E-state index is 12.6. The van der Waals surface area contributed by atoms with Gasteiger partial charge in [-0.2, -0.15) is 0 Å². The van der Waals surface area contributed by atoms with Crippen LogP contribution in [0.3, 0.4) is 0 Å². The number of ether oxygens (including phenoxy) is 1. The van der Waals surface area contributed by atoms with Crippen molar-refractivity contribution in [3.63, 3.8) is 0 Å². The minimum Gasteiger partial charge on any atom is -0.372 e. The van der Waals surface area contributed by atoms with Gasteiger partial charge in [-0.3, -0.25) is 9.69 Å². The second-order valence-corrected chi connectivity index (χ2v) is 5.89. The molecule has 1 atom stereocenters. The molecule has 0 aliphatic carbocycles. The predicted octanol–water partition coefficient (Wildman–Crippen LogP) is 0.822. The Balaban J connectivity index is 1.64. The van der Waals surface area contributed by atoms with E-state index in [0.29, 0.717) is 25.8 Å². The second-order valence-electron chi connectivity index (χ2n) is 5.89. The largest absolute Gasteiger partial charge is 0.372 e. The van der Waals surface area contributed by atoms with Crippen molar-refractivity contribution in [2.45, 2.75) is 26.2 Å². The van der Waals surface area contributed by atoms with Crippen LogP contribution in [-0.2, 0) is 18.0 Å². The summed E-state index contributed by atoms with van der Waals surface area (Å²) in [5, 5.41) is 0. The first-order valence-corrected chi connectivity index (χ1v) is 7.62. The molecule has 1 aromatic carbocycles. The third kappa shape index (κ3) is 2.95. The highest BCUT2D eigenvalue weighted by Gasteiger charge is 2.25. The Morgan fingerprint density at radius 2 is 1.95 bits per heavy atom. The number of benzene rings is 1. The van der Waals surface area contributed by atoms with Gasteiger partial charge in [0, 0.05) is 44.3 Å². The number of amides is 1. The van der Waals surface area contributed by atoms with E-state index < -0.39 is 0 Å². The van der Waals surface area contributed by atoms with Crippen LogP contribution in [0, 0.1) is 0 Å². The standard InChI is InChI=1S/C16H23N3O2/c1-12(9-17)18-4-6-19(7-5-18)16(20)13-2-3-14-10-21-11-15(14)8-13/h2-3,8,12H,4-7,9-11,17H2,1H3. The first-order chi connectivity index (χ1) is 10.2. The predicted molar refractivity (Wildman–Crippen MR) is 80.9 cm³/mol. The van der Waals surface area contributed by atoms with Crippen LogP contribution in [0.2, 0.25) is 0 Å². The number of fused-ring (bicyclic) bond motifs is 1. The van der Waals surface area contributed by atoms with Gasteiger partial charge in [-0.15, -0.1) is 0 Å². The lowest BCUT2D eigenvalue weighted by atomic mass is 10.1. The molecule has 0 saturated carbocycles. The summed E-state index contributed by atoms with van der Waals surface area (Å²) in [4.78, 5) is 16.9. The average Bonchev–Trinajstić information content (AvgIpc) is 3.01. The van der Waals surface area contributed by atoms with E-state index in [2.05, 4.69) is 11.8 Å². The molecule has 5 heteroatoms. The maximum absolute atomic E-state index is 12.6. The van der Waals surface area contributed by atoms with Gasteiger partial charge < -0.3 is 15.4 Å². The van der Waals surface area contributed by atoms with Crippen molar-refractivity contribution in [3.05, 3.63) is 34.9 Å². The smallest absolute Gasteiger partial charge is 0.253 e. The van der Waals surface area contributed by atoms with Crippen molar-refractivity contribution < 1.29 is 9.53 Å². The van der Waals surface area contributed by atoms with Crippen molar-refractivity contribution in [2.24, 2.45) is 5.73 Å². The Morgan fingerprint density at radius 1 is 1.24 bits per heavy atom. The van der Waals surface area contributed by atoms with Crippen molar-refractivity contribution in [3.8, 4) is 0 Å². The fourth-order valence-corrected chi connectivity index (χ4v) is 3.00. The number of nitrogens with zero attached hydrogens (tertiary/aromatic N) is 2. The molecule has 2 heterocycles. The summed E-state index contributed by atoms with van der Waals surface area (Å²) in [7, 11) is 0. The van der Waals surface area contributed by atoms with Crippen LogP contribution in [0.5, 0.6) is 0 Å². The van der Waals surface area contributed by atoms with Gasteiger partial charge in [-0.1, -0.05) is 6.07 Å². The van der Waals surface area contributed by atoms with Crippen molar-refractivity contribution >= 4 is 5.91 Å². The number of hydrogen-bond acceptors (Lipinski definition) is 4. The topological polar surface area (TPSA) is 58.8 Å². The number of carbonyl (C=O) groups excluding carboxylic acids is 1. The zero-order valence-electron chi connectivity index (χ0n) is 12.5. The van der Waals surface area contributed by atoms with E-state index in [-0.39, 0.29) is 5.91 Å². The van der Waals surface area contributed by atoms with E-state index in [1.165, 1.54) is 5.56 Å². The monoisotopic (exact) mass is 289 g/mol. The lowest BCUT2D eigenvalue weighted by Crippen LogP contribution is -2.52. The summed E-state index contributed by atoms with van der Waals surface area (Å²) < 4.78 is 5.40.